The molecule has 2 heterocycles. The zero-order valence-electron chi connectivity index (χ0n) is 8.75. The minimum atomic E-state index is -0.938. The molecular weight excluding hydrogens is 199 g/mol. The summed E-state index contributed by atoms with van der Waals surface area (Å²) in [5.41, 5.74) is -0.440. The van der Waals surface area contributed by atoms with E-state index in [-0.39, 0.29) is 5.91 Å². The van der Waals surface area contributed by atoms with E-state index in [1.54, 1.807) is 11.9 Å². The molecule has 0 radical (unpaired) electrons. The van der Waals surface area contributed by atoms with Gasteiger partial charge in [0.15, 0.2) is 5.78 Å². The first kappa shape index (κ1) is 10.5. The molecule has 1 amide bonds. The van der Waals surface area contributed by atoms with Crippen molar-refractivity contribution in [1.82, 2.24) is 10.2 Å². The molecule has 2 aliphatic rings. The van der Waals surface area contributed by atoms with E-state index in [4.69, 9.17) is 0 Å². The van der Waals surface area contributed by atoms with Crippen molar-refractivity contribution in [3.05, 3.63) is 0 Å². The first-order valence-corrected chi connectivity index (χ1v) is 5.16. The normalized spacial score (nSPS) is 36.1. The van der Waals surface area contributed by atoms with Crippen LogP contribution in [0, 0.1) is 5.41 Å². The Kier molecular flexibility index (Phi) is 2.50. The van der Waals surface area contributed by atoms with Crippen molar-refractivity contribution >= 4 is 11.7 Å². The van der Waals surface area contributed by atoms with Gasteiger partial charge in [0.1, 0.15) is 6.67 Å². The highest BCUT2D eigenvalue weighted by Gasteiger charge is 2.51. The van der Waals surface area contributed by atoms with E-state index in [0.29, 0.717) is 19.5 Å². The van der Waals surface area contributed by atoms with Gasteiger partial charge in [-0.2, -0.15) is 0 Å². The minimum absolute atomic E-state index is 0.0171. The van der Waals surface area contributed by atoms with Gasteiger partial charge in [-0.15, -0.1) is 0 Å². The van der Waals surface area contributed by atoms with Gasteiger partial charge < -0.3 is 5.32 Å². The van der Waals surface area contributed by atoms with Gasteiger partial charge in [-0.3, -0.25) is 14.5 Å². The number of rotatable bonds is 2. The zero-order valence-corrected chi connectivity index (χ0v) is 8.75. The number of hydrogen-bond donors (Lipinski definition) is 1. The summed E-state index contributed by atoms with van der Waals surface area (Å²) in [5.74, 6) is -0.391. The molecule has 4 nitrogen and oxygen atoms in total. The van der Waals surface area contributed by atoms with E-state index < -0.39 is 23.9 Å². The molecule has 0 aromatic carbocycles. The number of carbonyl (C=O) groups is 2. The summed E-state index contributed by atoms with van der Waals surface area (Å²) < 4.78 is 12.3. The van der Waals surface area contributed by atoms with Crippen LogP contribution in [0.1, 0.15) is 12.8 Å². The molecule has 2 atom stereocenters. The molecule has 0 bridgehead atoms. The number of likely N-dealkylation sites (tertiary alicyclic amines) is 1. The van der Waals surface area contributed by atoms with Crippen LogP contribution in [0.3, 0.4) is 0 Å². The number of nitrogens with one attached hydrogen (secondary N) is 1. The van der Waals surface area contributed by atoms with Gasteiger partial charge in [-0.05, 0) is 19.9 Å². The van der Waals surface area contributed by atoms with Crippen molar-refractivity contribution in [3.8, 4) is 0 Å². The fourth-order valence-electron chi connectivity index (χ4n) is 2.69. The smallest absolute Gasteiger partial charge is 0.227 e. The maximum Gasteiger partial charge on any atom is 0.227 e. The van der Waals surface area contributed by atoms with Crippen molar-refractivity contribution in [3.63, 3.8) is 0 Å². The van der Waals surface area contributed by atoms with Gasteiger partial charge in [-0.1, -0.05) is 0 Å². The van der Waals surface area contributed by atoms with E-state index in [1.165, 1.54) is 0 Å². The second-order valence-corrected chi connectivity index (χ2v) is 4.52. The Bertz CT molecular complexity index is 308. The third kappa shape index (κ3) is 1.55. The first-order valence-electron chi connectivity index (χ1n) is 5.16. The van der Waals surface area contributed by atoms with Gasteiger partial charge in [0.25, 0.3) is 0 Å². The van der Waals surface area contributed by atoms with Gasteiger partial charge in [0.05, 0.1) is 11.5 Å². The summed E-state index contributed by atoms with van der Waals surface area (Å²) in [6.45, 7) is 0.297. The molecule has 15 heavy (non-hydrogen) atoms. The Hall–Kier alpha value is -0.970. The number of nitrogens with zero attached hydrogens (tertiary/aromatic N) is 1. The van der Waals surface area contributed by atoms with Crippen molar-refractivity contribution in [2.24, 2.45) is 5.41 Å². The molecule has 2 rings (SSSR count). The number of carbonyl (C=O) groups excluding carboxylic acids is 2. The molecule has 0 aliphatic carbocycles. The van der Waals surface area contributed by atoms with Gasteiger partial charge in [-0.25, -0.2) is 4.39 Å². The minimum Gasteiger partial charge on any atom is -0.356 e. The highest BCUT2D eigenvalue weighted by molar-refractivity contribution is 5.90. The van der Waals surface area contributed by atoms with E-state index >= 15 is 0 Å². The van der Waals surface area contributed by atoms with Gasteiger partial charge in [0.2, 0.25) is 5.91 Å². The lowest BCUT2D eigenvalue weighted by Crippen LogP contribution is -2.34. The molecule has 2 unspecified atom stereocenters. The summed E-state index contributed by atoms with van der Waals surface area (Å²) in [6.07, 6.45) is 1.23. The summed E-state index contributed by atoms with van der Waals surface area (Å²) in [5, 5.41) is 2.78. The van der Waals surface area contributed by atoms with Gasteiger partial charge in [0, 0.05) is 13.1 Å². The number of halogens is 1. The Morgan fingerprint density at radius 1 is 1.73 bits per heavy atom. The zero-order chi connectivity index (χ0) is 11.1. The first-order chi connectivity index (χ1) is 7.09. The average molecular weight is 214 g/mol. The number of Topliss-reactive ketones (excluding diaryl/α,β-unsaturated/α-hetero) is 1. The summed E-state index contributed by atoms with van der Waals surface area (Å²) in [6, 6.07) is -0.418. The Morgan fingerprint density at radius 2 is 2.47 bits per heavy atom. The number of alkyl halides is 1. The molecule has 84 valence electrons. The molecular formula is C10H15FN2O2. The summed E-state index contributed by atoms with van der Waals surface area (Å²) >= 11 is 0. The van der Waals surface area contributed by atoms with Crippen LogP contribution in [0.5, 0.6) is 0 Å². The maximum absolute atomic E-state index is 12.3. The second kappa shape index (κ2) is 3.56. The summed E-state index contributed by atoms with van der Waals surface area (Å²) in [7, 11) is 1.78. The lowest BCUT2D eigenvalue weighted by molar-refractivity contribution is -0.127. The van der Waals surface area contributed by atoms with Crippen LogP contribution >= 0.6 is 0 Å². The third-order valence-electron chi connectivity index (χ3n) is 3.54. The van der Waals surface area contributed by atoms with E-state index in [9.17, 15) is 14.0 Å². The highest BCUT2D eigenvalue weighted by Crippen LogP contribution is 2.40. The van der Waals surface area contributed by atoms with E-state index in [1.807, 2.05) is 0 Å². The number of amides is 1. The van der Waals surface area contributed by atoms with Crippen molar-refractivity contribution in [1.29, 1.82) is 0 Å². The molecule has 1 N–H and O–H groups in total. The van der Waals surface area contributed by atoms with Crippen LogP contribution < -0.4 is 5.32 Å². The maximum atomic E-state index is 12.3. The predicted molar refractivity (Wildman–Crippen MR) is 52.1 cm³/mol. The number of ketones is 1. The van der Waals surface area contributed by atoms with Crippen molar-refractivity contribution < 1.29 is 14.0 Å². The lowest BCUT2D eigenvalue weighted by atomic mass is 9.83. The standard InChI is InChI=1S/C10H15FN2O2/c1-13-6-10(2-3-12-9(10)15)4-7(13)8(14)5-11/h7H,2-6H2,1H3,(H,12,15). The Morgan fingerprint density at radius 3 is 3.00 bits per heavy atom. The van der Waals surface area contributed by atoms with Gasteiger partial charge >= 0.3 is 0 Å². The molecule has 0 saturated carbocycles. The average Bonchev–Trinajstić information content (AvgIpc) is 2.72. The largest absolute Gasteiger partial charge is 0.356 e. The van der Waals surface area contributed by atoms with Crippen LogP contribution in [-0.2, 0) is 9.59 Å². The number of likely N-dealkylation sites (N-methyl/N-ethyl adjacent to an activating group) is 1. The molecule has 0 aromatic heterocycles. The predicted octanol–water partition coefficient (Wildman–Crippen LogP) is -0.265. The van der Waals surface area contributed by atoms with Crippen LogP contribution in [-0.4, -0.2) is 49.4 Å². The second-order valence-electron chi connectivity index (χ2n) is 4.52. The van der Waals surface area contributed by atoms with E-state index in [2.05, 4.69) is 5.32 Å². The molecule has 1 spiro atoms. The monoisotopic (exact) mass is 214 g/mol. The SMILES string of the molecule is CN1CC2(CCNC2=O)CC1C(=O)CF. The molecule has 2 fully saturated rings. The fourth-order valence-corrected chi connectivity index (χ4v) is 2.69. The van der Waals surface area contributed by atoms with Crippen LogP contribution in [0.15, 0.2) is 0 Å². The van der Waals surface area contributed by atoms with Crippen molar-refractivity contribution in [2.75, 3.05) is 26.8 Å². The fraction of sp³-hybridized carbons (Fsp3) is 0.800. The highest BCUT2D eigenvalue weighted by atomic mass is 19.1. The quantitative estimate of drug-likeness (QED) is 0.688. The van der Waals surface area contributed by atoms with Crippen molar-refractivity contribution in [2.45, 2.75) is 18.9 Å². The summed E-state index contributed by atoms with van der Waals surface area (Å²) in [4.78, 5) is 24.8. The Balaban J connectivity index is 2.15. The number of hydrogen-bond acceptors (Lipinski definition) is 3. The van der Waals surface area contributed by atoms with Crippen LogP contribution in [0.4, 0.5) is 4.39 Å². The Labute approximate surface area is 87.8 Å². The lowest BCUT2D eigenvalue weighted by Gasteiger charge is -2.18. The molecule has 2 saturated heterocycles. The molecule has 5 heteroatoms. The molecule has 0 aromatic rings. The topological polar surface area (TPSA) is 49.4 Å². The van der Waals surface area contributed by atoms with Crippen LogP contribution in [0.25, 0.3) is 0 Å². The van der Waals surface area contributed by atoms with E-state index in [0.717, 1.165) is 6.42 Å². The van der Waals surface area contributed by atoms with Crippen LogP contribution in [0.2, 0.25) is 0 Å². The third-order valence-corrected chi connectivity index (χ3v) is 3.54. The molecule has 2 aliphatic heterocycles.